The average Bonchev–Trinajstić information content (AvgIpc) is 3.38. The Bertz CT molecular complexity index is 1410. The smallest absolute Gasteiger partial charge is 0.254 e. The van der Waals surface area contributed by atoms with Gasteiger partial charge >= 0.3 is 0 Å². The van der Waals surface area contributed by atoms with Crippen LogP contribution in [0.3, 0.4) is 0 Å². The fourth-order valence-electron chi connectivity index (χ4n) is 3.29. The highest BCUT2D eigenvalue weighted by Gasteiger charge is 2.10. The maximum atomic E-state index is 12.5. The van der Waals surface area contributed by atoms with E-state index in [1.54, 1.807) is 17.4 Å². The van der Waals surface area contributed by atoms with E-state index in [0.29, 0.717) is 11.4 Å². The van der Waals surface area contributed by atoms with Crippen LogP contribution in [0.25, 0.3) is 27.5 Å². The number of carbonyl (C=O) groups is 1. The quantitative estimate of drug-likeness (QED) is 0.461. The number of imidazole rings is 1. The van der Waals surface area contributed by atoms with E-state index >= 15 is 0 Å². The normalized spacial score (nSPS) is 11.0. The molecule has 1 amide bonds. The zero-order valence-corrected chi connectivity index (χ0v) is 17.1. The zero-order chi connectivity index (χ0) is 21.2. The highest BCUT2D eigenvalue weighted by Crippen LogP contribution is 2.24. The van der Waals surface area contributed by atoms with Crippen LogP contribution in [-0.4, -0.2) is 24.8 Å². The van der Waals surface area contributed by atoms with Crippen LogP contribution in [0.5, 0.6) is 0 Å². The number of benzene rings is 2. The number of amides is 1. The molecule has 0 saturated heterocycles. The number of hydrogen-bond donors (Lipinski definition) is 1. The van der Waals surface area contributed by atoms with Crippen LogP contribution in [0.4, 0.5) is 5.69 Å². The molecule has 0 spiro atoms. The molecule has 5 aromatic rings. The minimum absolute atomic E-state index is 0.120. The van der Waals surface area contributed by atoms with Crippen molar-refractivity contribution in [1.29, 1.82) is 0 Å². The van der Waals surface area contributed by atoms with Crippen molar-refractivity contribution in [3.05, 3.63) is 95.1 Å². The lowest BCUT2D eigenvalue weighted by atomic mass is 10.1. The van der Waals surface area contributed by atoms with Crippen molar-refractivity contribution < 1.29 is 4.79 Å². The Labute approximate surface area is 181 Å². The van der Waals surface area contributed by atoms with E-state index in [1.165, 1.54) is 17.0 Å². The topological polar surface area (TPSA) is 81.3 Å². The molecule has 0 bridgehead atoms. The molecule has 0 fully saturated rings. The monoisotopic (exact) mass is 427 g/mol. The van der Waals surface area contributed by atoms with E-state index in [2.05, 4.69) is 15.3 Å². The van der Waals surface area contributed by atoms with Crippen LogP contribution < -0.4 is 10.9 Å². The highest BCUT2D eigenvalue weighted by molar-refractivity contribution is 7.15. The Morgan fingerprint density at radius 2 is 1.84 bits per heavy atom. The molecule has 152 valence electrons. The summed E-state index contributed by atoms with van der Waals surface area (Å²) in [6, 6.07) is 18.4. The van der Waals surface area contributed by atoms with Gasteiger partial charge in [0.1, 0.15) is 6.54 Å². The molecule has 0 saturated carbocycles. The van der Waals surface area contributed by atoms with Gasteiger partial charge in [0.15, 0.2) is 4.96 Å². The SMILES string of the molecule is O=C(Cn1cnc(-c2ccccc2)cc1=O)Nc1cccc(-c2cn3ccsc3n2)c1. The van der Waals surface area contributed by atoms with Gasteiger partial charge in [0.05, 0.1) is 17.7 Å². The first kappa shape index (κ1) is 19.0. The number of hydrogen-bond acceptors (Lipinski definition) is 5. The minimum Gasteiger partial charge on any atom is -0.325 e. The minimum atomic E-state index is -0.306. The summed E-state index contributed by atoms with van der Waals surface area (Å²) in [5.74, 6) is -0.306. The number of carbonyl (C=O) groups excluding carboxylic acids is 1. The Kier molecular flexibility index (Phi) is 4.89. The van der Waals surface area contributed by atoms with Gasteiger partial charge in [-0.1, -0.05) is 42.5 Å². The summed E-state index contributed by atoms with van der Waals surface area (Å²) in [4.78, 5) is 34.8. The van der Waals surface area contributed by atoms with Crippen LogP contribution in [0.15, 0.2) is 89.6 Å². The predicted molar refractivity (Wildman–Crippen MR) is 121 cm³/mol. The summed E-state index contributed by atoms with van der Waals surface area (Å²) < 4.78 is 3.25. The molecule has 31 heavy (non-hydrogen) atoms. The molecule has 2 aromatic carbocycles. The molecular weight excluding hydrogens is 410 g/mol. The largest absolute Gasteiger partial charge is 0.325 e. The molecule has 3 aromatic heterocycles. The second-order valence-corrected chi connectivity index (χ2v) is 7.83. The van der Waals surface area contributed by atoms with E-state index < -0.39 is 0 Å². The van der Waals surface area contributed by atoms with Crippen LogP contribution in [0.2, 0.25) is 0 Å². The Morgan fingerprint density at radius 1 is 1.00 bits per heavy atom. The molecular formula is C23H17N5O2S. The molecule has 0 radical (unpaired) electrons. The second kappa shape index (κ2) is 8.00. The van der Waals surface area contributed by atoms with Gasteiger partial charge in [-0.15, -0.1) is 11.3 Å². The van der Waals surface area contributed by atoms with Gasteiger partial charge in [-0.3, -0.25) is 18.6 Å². The summed E-state index contributed by atoms with van der Waals surface area (Å²) in [5.41, 5.74) is 3.53. The number of thiazole rings is 1. The Morgan fingerprint density at radius 3 is 2.65 bits per heavy atom. The number of anilines is 1. The number of nitrogens with one attached hydrogen (secondary N) is 1. The number of aromatic nitrogens is 4. The van der Waals surface area contributed by atoms with Gasteiger partial charge in [-0.25, -0.2) is 9.97 Å². The van der Waals surface area contributed by atoms with Gasteiger partial charge in [-0.05, 0) is 12.1 Å². The second-order valence-electron chi connectivity index (χ2n) is 6.95. The van der Waals surface area contributed by atoms with Gasteiger partial charge in [-0.2, -0.15) is 0 Å². The van der Waals surface area contributed by atoms with E-state index in [0.717, 1.165) is 21.8 Å². The van der Waals surface area contributed by atoms with Crippen LogP contribution >= 0.6 is 11.3 Å². The summed E-state index contributed by atoms with van der Waals surface area (Å²) in [6.07, 6.45) is 5.31. The molecule has 5 rings (SSSR count). The molecule has 0 aliphatic heterocycles. The lowest BCUT2D eigenvalue weighted by Gasteiger charge is -2.09. The number of nitrogens with zero attached hydrogens (tertiary/aromatic N) is 4. The van der Waals surface area contributed by atoms with E-state index in [-0.39, 0.29) is 18.0 Å². The van der Waals surface area contributed by atoms with Gasteiger partial charge < -0.3 is 5.32 Å². The first-order valence-electron chi connectivity index (χ1n) is 9.60. The summed E-state index contributed by atoms with van der Waals surface area (Å²) in [7, 11) is 0. The molecule has 0 atom stereocenters. The highest BCUT2D eigenvalue weighted by atomic mass is 32.1. The van der Waals surface area contributed by atoms with Crippen molar-refractivity contribution in [3.8, 4) is 22.5 Å². The maximum absolute atomic E-state index is 12.5. The molecule has 1 N–H and O–H groups in total. The van der Waals surface area contributed by atoms with Crippen LogP contribution in [-0.2, 0) is 11.3 Å². The van der Waals surface area contributed by atoms with Crippen molar-refractivity contribution in [2.45, 2.75) is 6.54 Å². The first-order valence-corrected chi connectivity index (χ1v) is 10.5. The Balaban J connectivity index is 1.31. The maximum Gasteiger partial charge on any atom is 0.254 e. The van der Waals surface area contributed by atoms with Crippen molar-refractivity contribution in [2.24, 2.45) is 0 Å². The van der Waals surface area contributed by atoms with E-state index in [9.17, 15) is 9.59 Å². The van der Waals surface area contributed by atoms with E-state index in [4.69, 9.17) is 0 Å². The number of fused-ring (bicyclic) bond motifs is 1. The Hall–Kier alpha value is -4.04. The predicted octanol–water partition coefficient (Wildman–Crippen LogP) is 3.93. The van der Waals surface area contributed by atoms with Crippen LogP contribution in [0, 0.1) is 0 Å². The fourth-order valence-corrected chi connectivity index (χ4v) is 3.99. The third-order valence-electron chi connectivity index (χ3n) is 4.80. The van der Waals surface area contributed by atoms with E-state index in [1.807, 2.05) is 70.7 Å². The standard InChI is InChI=1S/C23H17N5O2S/c29-21(14-28-15-24-19(12-22(28)30)16-5-2-1-3-6-16)25-18-8-4-7-17(11-18)20-13-27-9-10-31-23(27)26-20/h1-13,15H,14H2,(H,25,29). The van der Waals surface area contributed by atoms with Gasteiger partial charge in [0.2, 0.25) is 5.91 Å². The van der Waals surface area contributed by atoms with Crippen molar-refractivity contribution in [2.75, 3.05) is 5.32 Å². The third-order valence-corrected chi connectivity index (χ3v) is 5.57. The molecule has 7 nitrogen and oxygen atoms in total. The molecule has 0 aliphatic rings. The van der Waals surface area contributed by atoms with Crippen molar-refractivity contribution >= 4 is 27.9 Å². The zero-order valence-electron chi connectivity index (χ0n) is 16.3. The summed E-state index contributed by atoms with van der Waals surface area (Å²) >= 11 is 1.56. The summed E-state index contributed by atoms with van der Waals surface area (Å²) in [5, 5.41) is 4.82. The molecule has 3 heterocycles. The lowest BCUT2D eigenvalue weighted by Crippen LogP contribution is -2.27. The van der Waals surface area contributed by atoms with Gasteiger partial charge in [0.25, 0.3) is 5.56 Å². The van der Waals surface area contributed by atoms with Crippen molar-refractivity contribution in [3.63, 3.8) is 0 Å². The first-order chi connectivity index (χ1) is 15.2. The average molecular weight is 427 g/mol. The molecule has 0 aliphatic carbocycles. The summed E-state index contributed by atoms with van der Waals surface area (Å²) in [6.45, 7) is -0.120. The molecule has 8 heteroatoms. The fraction of sp³-hybridized carbons (Fsp3) is 0.0435. The lowest BCUT2D eigenvalue weighted by molar-refractivity contribution is -0.116. The van der Waals surface area contributed by atoms with Gasteiger partial charge in [0, 0.05) is 40.7 Å². The van der Waals surface area contributed by atoms with Crippen LogP contribution in [0.1, 0.15) is 0 Å². The number of rotatable bonds is 5. The third kappa shape index (κ3) is 4.01. The van der Waals surface area contributed by atoms with Crippen molar-refractivity contribution in [1.82, 2.24) is 18.9 Å². The molecule has 0 unspecified atom stereocenters.